The van der Waals surface area contributed by atoms with Gasteiger partial charge in [0.25, 0.3) is 5.91 Å². The average molecular weight is 354 g/mol. The number of aryl methyl sites for hydroxylation is 1. The van der Waals surface area contributed by atoms with Gasteiger partial charge in [-0.2, -0.15) is 10.2 Å². The zero-order valence-electron chi connectivity index (χ0n) is 13.6. The second kappa shape index (κ2) is 7.72. The molecule has 0 saturated heterocycles. The number of benzene rings is 1. The number of carbonyl (C=O) groups is 1. The van der Waals surface area contributed by atoms with E-state index in [-0.39, 0.29) is 5.91 Å². The van der Waals surface area contributed by atoms with Crippen LogP contribution in [0.15, 0.2) is 59.8 Å². The third kappa shape index (κ3) is 4.74. The number of hydrogen-bond donors (Lipinski definition) is 1. The normalized spacial score (nSPS) is 11.0. The molecule has 0 radical (unpaired) electrons. The number of hydrogen-bond acceptors (Lipinski definition) is 4. The first-order valence-electron chi connectivity index (χ1n) is 7.65. The number of rotatable bonds is 5. The molecule has 0 aliphatic carbocycles. The Morgan fingerprint density at radius 1 is 1.24 bits per heavy atom. The number of nitrogens with zero attached hydrogens (tertiary/aromatic N) is 4. The molecule has 0 aliphatic rings. The third-order valence-corrected chi connectivity index (χ3v) is 3.66. The summed E-state index contributed by atoms with van der Waals surface area (Å²) < 4.78 is 1.68. The standard InChI is InChI=1S/C18H16ClN5O/c1-13-3-2-4-16(21-13)11-20-22-18(25)17-9-10-24(23-17)12-14-5-7-15(19)8-6-14/h2-11H,12H2,1H3,(H,22,25). The first kappa shape index (κ1) is 16.9. The van der Waals surface area contributed by atoms with E-state index < -0.39 is 0 Å². The number of halogens is 1. The topological polar surface area (TPSA) is 72.2 Å². The summed E-state index contributed by atoms with van der Waals surface area (Å²) in [6.07, 6.45) is 3.24. The van der Waals surface area contributed by atoms with Crippen molar-refractivity contribution in [3.63, 3.8) is 0 Å². The molecule has 0 unspecified atom stereocenters. The molecule has 0 saturated carbocycles. The van der Waals surface area contributed by atoms with E-state index >= 15 is 0 Å². The highest BCUT2D eigenvalue weighted by atomic mass is 35.5. The summed E-state index contributed by atoms with van der Waals surface area (Å²) in [4.78, 5) is 16.3. The van der Waals surface area contributed by atoms with Gasteiger partial charge in [-0.3, -0.25) is 14.5 Å². The van der Waals surface area contributed by atoms with Crippen LogP contribution in [0.25, 0.3) is 0 Å². The smallest absolute Gasteiger partial charge is 0.268 e. The Hall–Kier alpha value is -2.99. The molecule has 3 rings (SSSR count). The molecule has 1 amide bonds. The van der Waals surface area contributed by atoms with Crippen LogP contribution >= 0.6 is 11.6 Å². The van der Waals surface area contributed by atoms with Gasteiger partial charge in [0.2, 0.25) is 0 Å². The van der Waals surface area contributed by atoms with Crippen LogP contribution in [0.4, 0.5) is 0 Å². The van der Waals surface area contributed by atoms with Crippen LogP contribution in [-0.4, -0.2) is 26.9 Å². The van der Waals surface area contributed by atoms with Gasteiger partial charge in [-0.15, -0.1) is 0 Å². The maximum atomic E-state index is 12.1. The van der Waals surface area contributed by atoms with Gasteiger partial charge in [0.05, 0.1) is 18.5 Å². The molecular formula is C18H16ClN5O. The highest BCUT2D eigenvalue weighted by Gasteiger charge is 2.08. The van der Waals surface area contributed by atoms with Crippen LogP contribution in [0.2, 0.25) is 5.02 Å². The average Bonchev–Trinajstić information content (AvgIpc) is 3.06. The van der Waals surface area contributed by atoms with E-state index in [0.717, 1.165) is 11.3 Å². The maximum Gasteiger partial charge on any atom is 0.291 e. The molecule has 0 fully saturated rings. The van der Waals surface area contributed by atoms with Crippen molar-refractivity contribution < 1.29 is 4.79 Å². The summed E-state index contributed by atoms with van der Waals surface area (Å²) >= 11 is 5.87. The first-order chi connectivity index (χ1) is 12.1. The Morgan fingerprint density at radius 3 is 2.80 bits per heavy atom. The minimum absolute atomic E-state index is 0.295. The van der Waals surface area contributed by atoms with Gasteiger partial charge < -0.3 is 0 Å². The second-order valence-electron chi connectivity index (χ2n) is 5.43. The molecule has 0 spiro atoms. The van der Waals surface area contributed by atoms with Crippen molar-refractivity contribution in [3.05, 3.63) is 82.4 Å². The molecule has 0 atom stereocenters. The fraction of sp³-hybridized carbons (Fsp3) is 0.111. The fourth-order valence-corrected chi connectivity index (χ4v) is 2.32. The number of amides is 1. The van der Waals surface area contributed by atoms with Gasteiger partial charge in [-0.1, -0.05) is 29.8 Å². The third-order valence-electron chi connectivity index (χ3n) is 3.40. The number of pyridine rings is 1. The van der Waals surface area contributed by atoms with Gasteiger partial charge >= 0.3 is 0 Å². The molecule has 0 bridgehead atoms. The number of hydrazone groups is 1. The molecule has 1 aromatic carbocycles. The molecule has 0 aliphatic heterocycles. The molecule has 6 nitrogen and oxygen atoms in total. The van der Waals surface area contributed by atoms with Crippen molar-refractivity contribution in [2.24, 2.45) is 5.10 Å². The predicted molar refractivity (Wildman–Crippen MR) is 96.8 cm³/mol. The summed E-state index contributed by atoms with van der Waals surface area (Å²) in [6, 6.07) is 14.7. The SMILES string of the molecule is Cc1cccc(C=NNC(=O)c2ccn(Cc3ccc(Cl)cc3)n2)n1. The van der Waals surface area contributed by atoms with Crippen LogP contribution < -0.4 is 5.43 Å². The van der Waals surface area contributed by atoms with Crippen molar-refractivity contribution >= 4 is 23.7 Å². The van der Waals surface area contributed by atoms with Gasteiger partial charge in [0, 0.05) is 16.9 Å². The van der Waals surface area contributed by atoms with Gasteiger partial charge in [-0.25, -0.2) is 5.43 Å². The largest absolute Gasteiger partial charge is 0.291 e. The van der Waals surface area contributed by atoms with Crippen molar-refractivity contribution in [3.8, 4) is 0 Å². The lowest BCUT2D eigenvalue weighted by Gasteiger charge is -2.02. The zero-order valence-corrected chi connectivity index (χ0v) is 14.3. The van der Waals surface area contributed by atoms with Gasteiger partial charge in [-0.05, 0) is 42.8 Å². The Labute approximate surface area is 150 Å². The highest BCUT2D eigenvalue weighted by Crippen LogP contribution is 2.10. The van der Waals surface area contributed by atoms with Gasteiger partial charge in [0.1, 0.15) is 0 Å². The van der Waals surface area contributed by atoms with E-state index in [0.29, 0.717) is 23.0 Å². The molecule has 7 heteroatoms. The Balaban J connectivity index is 1.59. The number of carbonyl (C=O) groups excluding carboxylic acids is 1. The van der Waals surface area contributed by atoms with Crippen molar-refractivity contribution in [2.45, 2.75) is 13.5 Å². The van der Waals surface area contributed by atoms with Gasteiger partial charge in [0.15, 0.2) is 5.69 Å². The minimum Gasteiger partial charge on any atom is -0.268 e. The molecule has 2 aromatic heterocycles. The number of nitrogens with one attached hydrogen (secondary N) is 1. The van der Waals surface area contributed by atoms with Crippen molar-refractivity contribution in [2.75, 3.05) is 0 Å². The number of aromatic nitrogens is 3. The summed E-state index contributed by atoms with van der Waals surface area (Å²) in [7, 11) is 0. The molecule has 1 N–H and O–H groups in total. The molecule has 126 valence electrons. The first-order valence-corrected chi connectivity index (χ1v) is 8.03. The van der Waals surface area contributed by atoms with E-state index in [4.69, 9.17) is 11.6 Å². The Morgan fingerprint density at radius 2 is 2.04 bits per heavy atom. The van der Waals surface area contributed by atoms with Crippen LogP contribution in [-0.2, 0) is 6.54 Å². The fourth-order valence-electron chi connectivity index (χ4n) is 2.20. The quantitative estimate of drug-likeness (QED) is 0.566. The summed E-state index contributed by atoms with van der Waals surface area (Å²) in [5.74, 6) is -0.376. The summed E-state index contributed by atoms with van der Waals surface area (Å²) in [6.45, 7) is 2.45. The summed E-state index contributed by atoms with van der Waals surface area (Å²) in [5.41, 5.74) is 5.35. The van der Waals surface area contributed by atoms with E-state index in [1.807, 2.05) is 49.4 Å². The monoisotopic (exact) mass is 353 g/mol. The highest BCUT2D eigenvalue weighted by molar-refractivity contribution is 6.30. The lowest BCUT2D eigenvalue weighted by Crippen LogP contribution is -2.18. The predicted octanol–water partition coefficient (Wildman–Crippen LogP) is 3.05. The summed E-state index contributed by atoms with van der Waals surface area (Å²) in [5, 5.41) is 8.85. The van der Waals surface area contributed by atoms with Crippen LogP contribution in [0.1, 0.15) is 27.4 Å². The van der Waals surface area contributed by atoms with Crippen molar-refractivity contribution in [1.29, 1.82) is 0 Å². The second-order valence-corrected chi connectivity index (χ2v) is 5.86. The molecular weight excluding hydrogens is 338 g/mol. The lowest BCUT2D eigenvalue weighted by atomic mass is 10.2. The van der Waals surface area contributed by atoms with E-state index in [9.17, 15) is 4.79 Å². The molecule has 2 heterocycles. The van der Waals surface area contributed by atoms with E-state index in [1.165, 1.54) is 6.21 Å². The Kier molecular flexibility index (Phi) is 5.20. The van der Waals surface area contributed by atoms with Crippen LogP contribution in [0.5, 0.6) is 0 Å². The van der Waals surface area contributed by atoms with Crippen LogP contribution in [0.3, 0.4) is 0 Å². The molecule has 25 heavy (non-hydrogen) atoms. The Bertz CT molecular complexity index is 902. The zero-order chi connectivity index (χ0) is 17.6. The maximum absolute atomic E-state index is 12.1. The van der Waals surface area contributed by atoms with Crippen molar-refractivity contribution in [1.82, 2.24) is 20.2 Å². The van der Waals surface area contributed by atoms with Crippen LogP contribution in [0, 0.1) is 6.92 Å². The van der Waals surface area contributed by atoms with E-state index in [2.05, 4.69) is 20.6 Å². The minimum atomic E-state index is -0.376. The van der Waals surface area contributed by atoms with E-state index in [1.54, 1.807) is 16.9 Å². The lowest BCUT2D eigenvalue weighted by molar-refractivity contribution is 0.0949. The molecule has 3 aromatic rings.